The first-order valence-electron chi connectivity index (χ1n) is 8.25. The Balaban J connectivity index is 1.85. The summed E-state index contributed by atoms with van der Waals surface area (Å²) >= 11 is 0. The van der Waals surface area contributed by atoms with Crippen molar-refractivity contribution < 1.29 is 19.1 Å². The molecule has 132 valence electrons. The van der Waals surface area contributed by atoms with Gasteiger partial charge < -0.3 is 14.8 Å². The third-order valence-electron chi connectivity index (χ3n) is 3.79. The zero-order valence-corrected chi connectivity index (χ0v) is 14.7. The summed E-state index contributed by atoms with van der Waals surface area (Å²) in [6.07, 6.45) is 0. The molecule has 0 radical (unpaired) electrons. The summed E-state index contributed by atoms with van der Waals surface area (Å²) in [5, 5.41) is 2.79. The van der Waals surface area contributed by atoms with Gasteiger partial charge in [0.05, 0.1) is 5.56 Å². The minimum atomic E-state index is -0.543. The number of benzene rings is 2. The number of esters is 1. The number of ether oxygens (including phenoxy) is 2. The lowest BCUT2D eigenvalue weighted by atomic mass is 10.1. The molecular formula is C20H23NO4. The third-order valence-corrected chi connectivity index (χ3v) is 3.79. The number of carbonyl (C=O) groups excluding carboxylic acids is 2. The highest BCUT2D eigenvalue weighted by Crippen LogP contribution is 2.21. The van der Waals surface area contributed by atoms with Crippen LogP contribution < -0.4 is 10.1 Å². The summed E-state index contributed by atoms with van der Waals surface area (Å²) in [6, 6.07) is 16.0. The van der Waals surface area contributed by atoms with Gasteiger partial charge in [-0.25, -0.2) is 4.79 Å². The second-order valence-corrected chi connectivity index (χ2v) is 6.12. The molecule has 2 aromatic rings. The average Bonchev–Trinajstić information content (AvgIpc) is 2.61. The quantitative estimate of drug-likeness (QED) is 0.778. The van der Waals surface area contributed by atoms with Crippen molar-refractivity contribution >= 4 is 11.9 Å². The molecule has 2 aromatic carbocycles. The Morgan fingerprint density at radius 2 is 1.52 bits per heavy atom. The monoisotopic (exact) mass is 341 g/mol. The molecule has 0 heterocycles. The van der Waals surface area contributed by atoms with Crippen LogP contribution in [-0.2, 0) is 9.53 Å². The maximum Gasteiger partial charge on any atom is 0.338 e. The highest BCUT2D eigenvalue weighted by atomic mass is 16.5. The number of carbonyl (C=O) groups is 2. The summed E-state index contributed by atoms with van der Waals surface area (Å²) in [4.78, 5) is 23.7. The molecule has 1 atom stereocenters. The van der Waals surface area contributed by atoms with Crippen molar-refractivity contribution in [2.75, 3.05) is 6.61 Å². The van der Waals surface area contributed by atoms with Gasteiger partial charge in [0.25, 0.3) is 5.91 Å². The zero-order chi connectivity index (χ0) is 18.2. The molecule has 0 aliphatic carbocycles. The van der Waals surface area contributed by atoms with Gasteiger partial charge in [0.15, 0.2) is 6.61 Å². The maximum absolute atomic E-state index is 12.0. The van der Waals surface area contributed by atoms with Crippen molar-refractivity contribution in [2.45, 2.75) is 26.8 Å². The number of hydrogen-bond acceptors (Lipinski definition) is 4. The van der Waals surface area contributed by atoms with Gasteiger partial charge in [-0.3, -0.25) is 4.79 Å². The maximum atomic E-state index is 12.0. The van der Waals surface area contributed by atoms with Crippen LogP contribution in [0.25, 0.3) is 0 Å². The Bertz CT molecular complexity index is 695. The summed E-state index contributed by atoms with van der Waals surface area (Å²) < 4.78 is 10.7. The van der Waals surface area contributed by atoms with Crippen LogP contribution in [0.2, 0.25) is 0 Å². The van der Waals surface area contributed by atoms with Crippen LogP contribution in [0.4, 0.5) is 0 Å². The van der Waals surface area contributed by atoms with Crippen LogP contribution >= 0.6 is 0 Å². The van der Waals surface area contributed by atoms with Gasteiger partial charge >= 0.3 is 5.97 Å². The summed E-state index contributed by atoms with van der Waals surface area (Å²) in [7, 11) is 0. The van der Waals surface area contributed by atoms with E-state index < -0.39 is 5.97 Å². The fourth-order valence-corrected chi connectivity index (χ4v) is 1.96. The number of para-hydroxylation sites is 1. The Morgan fingerprint density at radius 1 is 0.920 bits per heavy atom. The third kappa shape index (κ3) is 5.95. The van der Waals surface area contributed by atoms with Gasteiger partial charge in [-0.1, -0.05) is 32.0 Å². The number of rotatable bonds is 7. The van der Waals surface area contributed by atoms with Crippen molar-refractivity contribution in [1.29, 1.82) is 0 Å². The van der Waals surface area contributed by atoms with E-state index in [9.17, 15) is 9.59 Å². The number of nitrogens with one attached hydrogen (secondary N) is 1. The standard InChI is InChI=1S/C20H23NO4/c1-14(2)15(3)21-19(22)13-24-20(23)16-9-11-18(12-10-16)25-17-7-5-4-6-8-17/h4-12,14-15H,13H2,1-3H3,(H,21,22). The van der Waals surface area contributed by atoms with E-state index in [1.165, 1.54) is 0 Å². The van der Waals surface area contributed by atoms with Crippen LogP contribution in [-0.4, -0.2) is 24.5 Å². The predicted octanol–water partition coefficient (Wildman–Crippen LogP) is 3.80. The molecule has 0 spiro atoms. The fourth-order valence-electron chi connectivity index (χ4n) is 1.96. The fraction of sp³-hybridized carbons (Fsp3) is 0.300. The molecule has 0 saturated heterocycles. The van der Waals surface area contributed by atoms with E-state index in [2.05, 4.69) is 5.32 Å². The largest absolute Gasteiger partial charge is 0.457 e. The van der Waals surface area contributed by atoms with Gasteiger partial charge in [0, 0.05) is 6.04 Å². The highest BCUT2D eigenvalue weighted by Gasteiger charge is 2.14. The lowest BCUT2D eigenvalue weighted by molar-refractivity contribution is -0.125. The van der Waals surface area contributed by atoms with E-state index >= 15 is 0 Å². The number of hydrogen-bond donors (Lipinski definition) is 1. The van der Waals surface area contributed by atoms with Gasteiger partial charge in [0.1, 0.15) is 11.5 Å². The zero-order valence-electron chi connectivity index (χ0n) is 14.7. The van der Waals surface area contributed by atoms with Gasteiger partial charge in [0.2, 0.25) is 0 Å². The van der Waals surface area contributed by atoms with E-state index in [4.69, 9.17) is 9.47 Å². The smallest absolute Gasteiger partial charge is 0.338 e. The minimum Gasteiger partial charge on any atom is -0.457 e. The molecule has 25 heavy (non-hydrogen) atoms. The predicted molar refractivity (Wildman–Crippen MR) is 95.7 cm³/mol. The second-order valence-electron chi connectivity index (χ2n) is 6.12. The Kier molecular flexibility index (Phi) is 6.57. The van der Waals surface area contributed by atoms with E-state index in [0.717, 1.165) is 0 Å². The highest BCUT2D eigenvalue weighted by molar-refractivity contribution is 5.91. The Hall–Kier alpha value is -2.82. The summed E-state index contributed by atoms with van der Waals surface area (Å²) in [6.45, 7) is 5.64. The van der Waals surface area contributed by atoms with Gasteiger partial charge in [-0.15, -0.1) is 0 Å². The molecule has 5 nitrogen and oxygen atoms in total. The van der Waals surface area contributed by atoms with E-state index in [0.29, 0.717) is 23.0 Å². The van der Waals surface area contributed by atoms with Crippen LogP contribution in [0.5, 0.6) is 11.5 Å². The van der Waals surface area contributed by atoms with E-state index in [1.54, 1.807) is 24.3 Å². The van der Waals surface area contributed by atoms with E-state index in [-0.39, 0.29) is 18.6 Å². The van der Waals surface area contributed by atoms with Crippen LogP contribution in [0, 0.1) is 5.92 Å². The van der Waals surface area contributed by atoms with Crippen molar-refractivity contribution in [3.63, 3.8) is 0 Å². The molecule has 0 aromatic heterocycles. The second kappa shape index (κ2) is 8.87. The average molecular weight is 341 g/mol. The molecule has 5 heteroatoms. The number of amides is 1. The molecule has 1 amide bonds. The van der Waals surface area contributed by atoms with Crippen LogP contribution in [0.3, 0.4) is 0 Å². The SMILES string of the molecule is CC(C)C(C)NC(=O)COC(=O)c1ccc(Oc2ccccc2)cc1. The molecule has 2 rings (SSSR count). The molecule has 0 aliphatic heterocycles. The normalized spacial score (nSPS) is 11.7. The molecule has 1 N–H and O–H groups in total. The lowest BCUT2D eigenvalue weighted by Gasteiger charge is -2.17. The first-order valence-corrected chi connectivity index (χ1v) is 8.25. The Morgan fingerprint density at radius 3 is 2.12 bits per heavy atom. The molecule has 1 unspecified atom stereocenters. The van der Waals surface area contributed by atoms with E-state index in [1.807, 2.05) is 51.1 Å². The Labute approximate surface area is 148 Å². The first-order chi connectivity index (χ1) is 12.0. The lowest BCUT2D eigenvalue weighted by Crippen LogP contribution is -2.38. The van der Waals surface area contributed by atoms with Gasteiger partial charge in [-0.2, -0.15) is 0 Å². The van der Waals surface area contributed by atoms with Gasteiger partial charge in [-0.05, 0) is 49.2 Å². The summed E-state index contributed by atoms with van der Waals surface area (Å²) in [5.41, 5.74) is 0.366. The first kappa shape index (κ1) is 18.5. The van der Waals surface area contributed by atoms with Crippen molar-refractivity contribution in [3.8, 4) is 11.5 Å². The molecular weight excluding hydrogens is 318 g/mol. The molecule has 0 aliphatic rings. The molecule has 0 saturated carbocycles. The van der Waals surface area contributed by atoms with Crippen LogP contribution in [0.15, 0.2) is 54.6 Å². The topological polar surface area (TPSA) is 64.6 Å². The minimum absolute atomic E-state index is 0.0284. The molecule has 0 bridgehead atoms. The van der Waals surface area contributed by atoms with Crippen LogP contribution in [0.1, 0.15) is 31.1 Å². The van der Waals surface area contributed by atoms with Crippen molar-refractivity contribution in [3.05, 3.63) is 60.2 Å². The van der Waals surface area contributed by atoms with Crippen molar-refractivity contribution in [1.82, 2.24) is 5.32 Å². The summed E-state index contributed by atoms with van der Waals surface area (Å²) in [5.74, 6) is 0.800. The van der Waals surface area contributed by atoms with Crippen molar-refractivity contribution in [2.24, 2.45) is 5.92 Å². The molecule has 0 fully saturated rings.